The van der Waals surface area contributed by atoms with Crippen molar-refractivity contribution in [3.8, 4) is 0 Å². The lowest BCUT2D eigenvalue weighted by atomic mass is 10.00. The van der Waals surface area contributed by atoms with Crippen LogP contribution in [0.2, 0.25) is 0 Å². The number of hydrogen-bond donors (Lipinski definition) is 3. The fourth-order valence-electron chi connectivity index (χ4n) is 4.62. The third-order valence-corrected chi connectivity index (χ3v) is 6.12. The van der Waals surface area contributed by atoms with Gasteiger partial charge in [0.25, 0.3) is 12.9 Å². The highest BCUT2D eigenvalue weighted by Gasteiger charge is 2.35. The zero-order chi connectivity index (χ0) is 23.5. The molecule has 1 aromatic heterocycles. The number of nitrogens with two attached hydrogens (primary N) is 1. The molecule has 1 amide bonds. The van der Waals surface area contributed by atoms with E-state index < -0.39 is 0 Å². The number of likely N-dealkylation sites (tertiary alicyclic amines) is 1. The summed E-state index contributed by atoms with van der Waals surface area (Å²) >= 11 is 0. The second-order valence-corrected chi connectivity index (χ2v) is 8.33. The molecule has 10 heteroatoms. The molecule has 2 fully saturated rings. The summed E-state index contributed by atoms with van der Waals surface area (Å²) in [6, 6.07) is 2.78. The maximum Gasteiger partial charge on any atom is 0.290 e. The standard InChI is InChI=1S/C20H30N4O2.2CH2O2/c1-14-8-16-11-24(12-17(16)9-22-14)20(25)15-2-3-18(21)13-23(10-15)19-4-6-26-7-5-19;2*2-1-3/h8-9,15,18-19H,2-7,10-13,21H2,1H3;2*1H,(H,2,3)/t15-,18+;;/m1../s1. The molecule has 0 radical (unpaired) electrons. The van der Waals surface area contributed by atoms with Crippen LogP contribution in [0.15, 0.2) is 12.3 Å². The van der Waals surface area contributed by atoms with Gasteiger partial charge in [-0.3, -0.25) is 24.3 Å². The van der Waals surface area contributed by atoms with Crippen molar-refractivity contribution in [1.82, 2.24) is 14.8 Å². The summed E-state index contributed by atoms with van der Waals surface area (Å²) in [5.74, 6) is 0.333. The summed E-state index contributed by atoms with van der Waals surface area (Å²) < 4.78 is 5.51. The first-order valence-corrected chi connectivity index (χ1v) is 10.9. The third-order valence-electron chi connectivity index (χ3n) is 6.12. The SMILES string of the molecule is Cc1cc2c(cn1)CN(C(=O)[C@@H]1CC[C@H](N)CN(C3CCOCC3)C1)C2.O=CO.O=CO. The molecule has 4 rings (SSSR count). The molecule has 2 saturated heterocycles. The lowest BCUT2D eigenvalue weighted by Gasteiger charge is -2.36. The first kappa shape index (κ1) is 25.7. The average Bonchev–Trinajstić information content (AvgIpc) is 3.09. The van der Waals surface area contributed by atoms with Crippen LogP contribution in [0.3, 0.4) is 0 Å². The number of ether oxygens (including phenoxy) is 1. The Morgan fingerprint density at radius 3 is 2.38 bits per heavy atom. The van der Waals surface area contributed by atoms with E-state index in [0.29, 0.717) is 12.6 Å². The zero-order valence-corrected chi connectivity index (χ0v) is 18.6. The monoisotopic (exact) mass is 450 g/mol. The van der Waals surface area contributed by atoms with E-state index >= 15 is 0 Å². The van der Waals surface area contributed by atoms with Gasteiger partial charge < -0.3 is 25.6 Å². The highest BCUT2D eigenvalue weighted by Crippen LogP contribution is 2.28. The molecule has 10 nitrogen and oxygen atoms in total. The molecule has 1 aromatic rings. The largest absolute Gasteiger partial charge is 0.483 e. The fraction of sp³-hybridized carbons (Fsp3) is 0.636. The van der Waals surface area contributed by atoms with Gasteiger partial charge in [-0.25, -0.2) is 0 Å². The highest BCUT2D eigenvalue weighted by atomic mass is 16.5. The Morgan fingerprint density at radius 2 is 1.72 bits per heavy atom. The number of fused-ring (bicyclic) bond motifs is 1. The van der Waals surface area contributed by atoms with Gasteiger partial charge in [0.1, 0.15) is 0 Å². The summed E-state index contributed by atoms with van der Waals surface area (Å²) in [4.78, 5) is 38.8. The number of carbonyl (C=O) groups is 3. The minimum Gasteiger partial charge on any atom is -0.483 e. The molecule has 4 N–H and O–H groups in total. The lowest BCUT2D eigenvalue weighted by molar-refractivity contribution is -0.137. The molecular formula is C22H34N4O6. The Labute approximate surface area is 188 Å². The van der Waals surface area contributed by atoms with Crippen molar-refractivity contribution in [3.05, 3.63) is 29.1 Å². The number of nitrogens with zero attached hydrogens (tertiary/aromatic N) is 3. The summed E-state index contributed by atoms with van der Waals surface area (Å²) in [6.07, 6.45) is 5.85. The number of carbonyl (C=O) groups excluding carboxylic acids is 1. The Hall–Kier alpha value is -2.56. The van der Waals surface area contributed by atoms with Gasteiger partial charge in [-0.05, 0) is 49.8 Å². The predicted molar refractivity (Wildman–Crippen MR) is 117 cm³/mol. The van der Waals surface area contributed by atoms with Crippen molar-refractivity contribution in [1.29, 1.82) is 0 Å². The molecule has 4 heterocycles. The molecular weight excluding hydrogens is 416 g/mol. The van der Waals surface area contributed by atoms with E-state index in [0.717, 1.165) is 64.2 Å². The van der Waals surface area contributed by atoms with Crippen molar-refractivity contribution in [2.24, 2.45) is 11.7 Å². The first-order chi connectivity index (χ1) is 15.4. The normalized spacial score (nSPS) is 23.5. The quantitative estimate of drug-likeness (QED) is 0.558. The van der Waals surface area contributed by atoms with E-state index in [4.69, 9.17) is 30.3 Å². The van der Waals surface area contributed by atoms with Gasteiger partial charge in [0.05, 0.1) is 5.92 Å². The number of aryl methyl sites for hydroxylation is 1. The smallest absolute Gasteiger partial charge is 0.290 e. The third kappa shape index (κ3) is 7.25. The Morgan fingerprint density at radius 1 is 1.09 bits per heavy atom. The molecule has 32 heavy (non-hydrogen) atoms. The maximum atomic E-state index is 13.3. The summed E-state index contributed by atoms with van der Waals surface area (Å²) in [5, 5.41) is 13.8. The van der Waals surface area contributed by atoms with Crippen molar-refractivity contribution in [2.45, 2.75) is 57.8 Å². The van der Waals surface area contributed by atoms with E-state index in [1.807, 2.05) is 18.0 Å². The van der Waals surface area contributed by atoms with E-state index in [-0.39, 0.29) is 30.8 Å². The topological polar surface area (TPSA) is 146 Å². The maximum absolute atomic E-state index is 13.3. The average molecular weight is 451 g/mol. The van der Waals surface area contributed by atoms with Gasteiger partial charge in [-0.15, -0.1) is 0 Å². The minimum atomic E-state index is -0.250. The van der Waals surface area contributed by atoms with Gasteiger partial charge >= 0.3 is 0 Å². The molecule has 0 aliphatic carbocycles. The molecule has 0 spiro atoms. The molecule has 3 aliphatic rings. The van der Waals surface area contributed by atoms with Gasteiger partial charge in [0, 0.05) is 63.4 Å². The Bertz CT molecular complexity index is 750. The van der Waals surface area contributed by atoms with Crippen molar-refractivity contribution in [3.63, 3.8) is 0 Å². The number of pyridine rings is 1. The van der Waals surface area contributed by atoms with Crippen LogP contribution in [0.4, 0.5) is 0 Å². The van der Waals surface area contributed by atoms with Gasteiger partial charge in [-0.1, -0.05) is 0 Å². The molecule has 3 aliphatic heterocycles. The Kier molecular flexibility index (Phi) is 10.5. The van der Waals surface area contributed by atoms with Crippen LogP contribution < -0.4 is 5.73 Å². The molecule has 0 unspecified atom stereocenters. The predicted octanol–water partition coefficient (Wildman–Crippen LogP) is 0.852. The van der Waals surface area contributed by atoms with Crippen molar-refractivity contribution < 1.29 is 29.3 Å². The first-order valence-electron chi connectivity index (χ1n) is 10.9. The highest BCUT2D eigenvalue weighted by molar-refractivity contribution is 5.79. The molecule has 0 bridgehead atoms. The van der Waals surface area contributed by atoms with Crippen LogP contribution in [0.5, 0.6) is 0 Å². The second kappa shape index (κ2) is 13.1. The molecule has 2 atom stereocenters. The van der Waals surface area contributed by atoms with Gasteiger partial charge in [0.15, 0.2) is 0 Å². The summed E-state index contributed by atoms with van der Waals surface area (Å²) in [5.41, 5.74) is 9.78. The van der Waals surface area contributed by atoms with E-state index in [9.17, 15) is 4.79 Å². The van der Waals surface area contributed by atoms with E-state index in [1.54, 1.807) is 0 Å². The van der Waals surface area contributed by atoms with Crippen LogP contribution >= 0.6 is 0 Å². The van der Waals surface area contributed by atoms with Crippen LogP contribution in [-0.4, -0.2) is 82.2 Å². The minimum absolute atomic E-state index is 0.0507. The van der Waals surface area contributed by atoms with Crippen molar-refractivity contribution in [2.75, 3.05) is 26.3 Å². The van der Waals surface area contributed by atoms with Crippen molar-refractivity contribution >= 4 is 18.9 Å². The number of amides is 1. The number of carboxylic acid groups (broad SMARTS) is 2. The molecule has 0 aromatic carbocycles. The summed E-state index contributed by atoms with van der Waals surface area (Å²) in [7, 11) is 0. The van der Waals surface area contributed by atoms with Gasteiger partial charge in [-0.2, -0.15) is 0 Å². The number of hydrogen-bond acceptors (Lipinski definition) is 7. The van der Waals surface area contributed by atoms with E-state index in [2.05, 4.69) is 16.0 Å². The van der Waals surface area contributed by atoms with E-state index in [1.165, 1.54) is 11.1 Å². The van der Waals surface area contributed by atoms with Crippen LogP contribution in [0.25, 0.3) is 0 Å². The zero-order valence-electron chi connectivity index (χ0n) is 18.6. The Balaban J connectivity index is 0.000000547. The second-order valence-electron chi connectivity index (χ2n) is 8.33. The van der Waals surface area contributed by atoms with Crippen LogP contribution in [0.1, 0.15) is 42.5 Å². The van der Waals surface area contributed by atoms with Crippen LogP contribution in [0, 0.1) is 12.8 Å². The summed E-state index contributed by atoms with van der Waals surface area (Å²) in [6.45, 7) is 6.30. The molecule has 0 saturated carbocycles. The number of rotatable bonds is 2. The van der Waals surface area contributed by atoms with Gasteiger partial charge in [0.2, 0.25) is 5.91 Å². The molecule has 178 valence electrons. The van der Waals surface area contributed by atoms with Crippen LogP contribution in [-0.2, 0) is 32.2 Å². The number of aromatic nitrogens is 1. The fourth-order valence-corrected chi connectivity index (χ4v) is 4.62. The lowest BCUT2D eigenvalue weighted by Crippen LogP contribution is -2.47.